The van der Waals surface area contributed by atoms with Gasteiger partial charge in [-0.25, -0.2) is 0 Å². The fourth-order valence-electron chi connectivity index (χ4n) is 1.08. The number of rotatable bonds is 1. The van der Waals surface area contributed by atoms with Crippen LogP contribution in [0.25, 0.3) is 6.08 Å². The number of fused-ring (bicyclic) bond motifs is 1. The first-order valence-electron chi connectivity index (χ1n) is 3.62. The van der Waals surface area contributed by atoms with Crippen molar-refractivity contribution in [1.82, 2.24) is 4.31 Å². The molecule has 2 heterocycles. The van der Waals surface area contributed by atoms with E-state index in [0.717, 1.165) is 5.70 Å². The Kier molecular flexibility index (Phi) is 2.12. The Morgan fingerprint density at radius 3 is 3.17 bits per heavy atom. The largest absolute Gasteiger partial charge is 0.390 e. The molecule has 2 nitrogen and oxygen atoms in total. The maximum atomic E-state index is 9.01. The van der Waals surface area contributed by atoms with Gasteiger partial charge in [0.15, 0.2) is 0 Å². The zero-order chi connectivity index (χ0) is 8.55. The van der Waals surface area contributed by atoms with Gasteiger partial charge in [-0.3, -0.25) is 0 Å². The number of hydrogen-bond acceptors (Lipinski definition) is 4. The molecule has 1 aliphatic heterocycles. The minimum absolute atomic E-state index is 0.112. The molecule has 0 aromatic carbocycles. The molecule has 1 N–H and O–H groups in total. The van der Waals surface area contributed by atoms with Crippen molar-refractivity contribution in [3.05, 3.63) is 22.0 Å². The van der Waals surface area contributed by atoms with E-state index >= 15 is 0 Å². The maximum absolute atomic E-state index is 9.01. The van der Waals surface area contributed by atoms with E-state index < -0.39 is 0 Å². The van der Waals surface area contributed by atoms with Gasteiger partial charge in [0.1, 0.15) is 0 Å². The Hall–Kier alpha value is -0.450. The number of aliphatic hydroxyl groups is 1. The van der Waals surface area contributed by atoms with Gasteiger partial charge in [0.05, 0.1) is 12.3 Å². The number of nitrogens with zero attached hydrogens (tertiary/aromatic N) is 1. The van der Waals surface area contributed by atoms with Gasteiger partial charge in [-0.1, -0.05) is 0 Å². The van der Waals surface area contributed by atoms with Crippen LogP contribution in [0.4, 0.5) is 0 Å². The quantitative estimate of drug-likeness (QED) is 0.700. The molecule has 0 saturated heterocycles. The Morgan fingerprint density at radius 2 is 2.42 bits per heavy atom. The smallest absolute Gasteiger partial charge is 0.0838 e. The number of thiophene rings is 1. The van der Waals surface area contributed by atoms with Gasteiger partial charge in [0.25, 0.3) is 0 Å². The zero-order valence-electron chi connectivity index (χ0n) is 6.65. The summed E-state index contributed by atoms with van der Waals surface area (Å²) in [6.07, 6.45) is 2.04. The van der Waals surface area contributed by atoms with Crippen molar-refractivity contribution in [2.24, 2.45) is 0 Å². The highest BCUT2D eigenvalue weighted by Crippen LogP contribution is 2.37. The van der Waals surface area contributed by atoms with E-state index in [1.165, 1.54) is 9.77 Å². The van der Waals surface area contributed by atoms with Crippen LogP contribution in [0.5, 0.6) is 0 Å². The molecule has 1 aromatic heterocycles. The van der Waals surface area contributed by atoms with Crippen LogP contribution in [0.3, 0.4) is 0 Å². The highest BCUT2D eigenvalue weighted by Gasteiger charge is 2.15. The fourth-order valence-corrected chi connectivity index (χ4v) is 2.97. The Morgan fingerprint density at radius 1 is 1.58 bits per heavy atom. The second kappa shape index (κ2) is 3.12. The van der Waals surface area contributed by atoms with Crippen LogP contribution in [-0.2, 0) is 0 Å². The summed E-state index contributed by atoms with van der Waals surface area (Å²) in [4.78, 5) is 2.53. The van der Waals surface area contributed by atoms with Crippen LogP contribution in [-0.4, -0.2) is 23.1 Å². The van der Waals surface area contributed by atoms with Gasteiger partial charge in [-0.2, -0.15) is 0 Å². The molecule has 0 amide bonds. The zero-order valence-corrected chi connectivity index (χ0v) is 8.28. The standard InChI is InChI=1S/C8H9NOS2/c1-9-6(5-10)4-8-7(12-9)2-3-11-8/h2-4,10H,5H2,1H3. The average Bonchev–Trinajstić information content (AvgIpc) is 2.49. The first-order chi connectivity index (χ1) is 5.81. The molecule has 0 atom stereocenters. The SMILES string of the molecule is CN1Sc2ccsc2C=C1CO. The predicted molar refractivity (Wildman–Crippen MR) is 53.0 cm³/mol. The molecule has 0 unspecified atom stereocenters. The van der Waals surface area contributed by atoms with Crippen molar-refractivity contribution in [1.29, 1.82) is 0 Å². The average molecular weight is 199 g/mol. The Balaban J connectivity index is 2.40. The summed E-state index contributed by atoms with van der Waals surface area (Å²) in [5.74, 6) is 0. The summed E-state index contributed by atoms with van der Waals surface area (Å²) in [5.41, 5.74) is 0.968. The van der Waals surface area contributed by atoms with E-state index in [-0.39, 0.29) is 6.61 Å². The summed E-state index contributed by atoms with van der Waals surface area (Å²) >= 11 is 3.38. The minimum atomic E-state index is 0.112. The van der Waals surface area contributed by atoms with Crippen LogP contribution in [0.1, 0.15) is 4.88 Å². The molecule has 0 spiro atoms. The van der Waals surface area contributed by atoms with E-state index in [9.17, 15) is 0 Å². The van der Waals surface area contributed by atoms with Gasteiger partial charge >= 0.3 is 0 Å². The second-order valence-corrected chi connectivity index (χ2v) is 4.65. The lowest BCUT2D eigenvalue weighted by Crippen LogP contribution is -2.14. The predicted octanol–water partition coefficient (Wildman–Crippen LogP) is 2.03. The third-order valence-electron chi connectivity index (χ3n) is 1.76. The molecule has 4 heteroatoms. The summed E-state index contributed by atoms with van der Waals surface area (Å²) in [6.45, 7) is 0.112. The minimum Gasteiger partial charge on any atom is -0.390 e. The van der Waals surface area contributed by atoms with E-state index in [2.05, 4.69) is 11.4 Å². The third kappa shape index (κ3) is 1.26. The number of hydrogen-bond donors (Lipinski definition) is 1. The van der Waals surface area contributed by atoms with Gasteiger partial charge in [-0.05, 0) is 29.5 Å². The van der Waals surface area contributed by atoms with Crippen molar-refractivity contribution >= 4 is 29.4 Å². The van der Waals surface area contributed by atoms with Gasteiger partial charge < -0.3 is 9.41 Å². The third-order valence-corrected chi connectivity index (χ3v) is 3.81. The Bertz CT molecular complexity index is 319. The summed E-state index contributed by atoms with van der Waals surface area (Å²) < 4.78 is 2.00. The van der Waals surface area contributed by atoms with E-state index in [4.69, 9.17) is 5.11 Å². The first-order valence-corrected chi connectivity index (χ1v) is 5.27. The van der Waals surface area contributed by atoms with Crippen molar-refractivity contribution in [2.45, 2.75) is 4.90 Å². The molecule has 12 heavy (non-hydrogen) atoms. The van der Waals surface area contributed by atoms with E-state index in [1.54, 1.807) is 23.3 Å². The van der Waals surface area contributed by atoms with Crippen molar-refractivity contribution in [3.63, 3.8) is 0 Å². The first kappa shape index (κ1) is 8.16. The molecule has 0 bridgehead atoms. The van der Waals surface area contributed by atoms with Crippen LogP contribution in [0, 0.1) is 0 Å². The lowest BCUT2D eigenvalue weighted by molar-refractivity contribution is 0.311. The van der Waals surface area contributed by atoms with Crippen LogP contribution in [0.2, 0.25) is 0 Å². The van der Waals surface area contributed by atoms with Gasteiger partial charge in [0, 0.05) is 16.8 Å². The molecule has 64 valence electrons. The van der Waals surface area contributed by atoms with Crippen LogP contribution >= 0.6 is 23.3 Å². The second-order valence-electron chi connectivity index (χ2n) is 2.53. The molecular formula is C8H9NOS2. The van der Waals surface area contributed by atoms with Crippen molar-refractivity contribution in [3.8, 4) is 0 Å². The van der Waals surface area contributed by atoms with Crippen molar-refractivity contribution < 1.29 is 5.11 Å². The number of likely N-dealkylation sites (N-methyl/N-ethyl adjacent to an activating group) is 1. The normalized spacial score (nSPS) is 15.8. The lowest BCUT2D eigenvalue weighted by atomic mass is 10.3. The molecule has 0 radical (unpaired) electrons. The van der Waals surface area contributed by atoms with E-state index in [0.29, 0.717) is 0 Å². The van der Waals surface area contributed by atoms with Crippen LogP contribution in [0.15, 0.2) is 22.0 Å². The maximum Gasteiger partial charge on any atom is 0.0838 e. The van der Waals surface area contributed by atoms with Crippen molar-refractivity contribution in [2.75, 3.05) is 13.7 Å². The molecule has 0 fully saturated rings. The molecular weight excluding hydrogens is 190 g/mol. The fraction of sp³-hybridized carbons (Fsp3) is 0.250. The van der Waals surface area contributed by atoms with Gasteiger partial charge in [0.2, 0.25) is 0 Å². The summed E-state index contributed by atoms with van der Waals surface area (Å²) in [5, 5.41) is 11.1. The highest BCUT2D eigenvalue weighted by molar-refractivity contribution is 7.97. The molecule has 0 saturated carbocycles. The highest BCUT2D eigenvalue weighted by atomic mass is 32.2. The lowest BCUT2D eigenvalue weighted by Gasteiger charge is -2.23. The molecule has 1 aliphatic rings. The Labute approximate surface area is 79.6 Å². The topological polar surface area (TPSA) is 23.5 Å². The summed E-state index contributed by atoms with van der Waals surface area (Å²) in [6, 6.07) is 2.10. The van der Waals surface area contributed by atoms with Crippen LogP contribution < -0.4 is 0 Å². The van der Waals surface area contributed by atoms with Gasteiger partial charge in [-0.15, -0.1) is 11.3 Å². The van der Waals surface area contributed by atoms with E-state index in [1.807, 2.05) is 17.4 Å². The summed E-state index contributed by atoms with van der Waals surface area (Å²) in [7, 11) is 1.97. The number of aliphatic hydroxyl groups excluding tert-OH is 1. The molecule has 0 aliphatic carbocycles. The molecule has 2 rings (SSSR count). The molecule has 1 aromatic rings. The monoisotopic (exact) mass is 199 g/mol.